The lowest BCUT2D eigenvalue weighted by molar-refractivity contribution is 0.0990. The van der Waals surface area contributed by atoms with E-state index in [1.807, 2.05) is 0 Å². The van der Waals surface area contributed by atoms with Crippen molar-refractivity contribution in [3.8, 4) is 28.8 Å². The van der Waals surface area contributed by atoms with Crippen molar-refractivity contribution in [3.63, 3.8) is 0 Å². The van der Waals surface area contributed by atoms with Crippen LogP contribution in [0.15, 0.2) is 71.7 Å². The lowest BCUT2D eigenvalue weighted by Gasteiger charge is -2.13. The van der Waals surface area contributed by atoms with Crippen molar-refractivity contribution >= 4 is 16.8 Å². The quantitative estimate of drug-likeness (QED) is 0.223. The summed E-state index contributed by atoms with van der Waals surface area (Å²) in [6.45, 7) is 1.37. The van der Waals surface area contributed by atoms with Crippen molar-refractivity contribution in [2.24, 2.45) is 0 Å². The Hall–Kier alpha value is -5.19. The summed E-state index contributed by atoms with van der Waals surface area (Å²) in [5.41, 5.74) is -0.0641. The summed E-state index contributed by atoms with van der Waals surface area (Å²) in [5, 5.41) is 0. The van der Waals surface area contributed by atoms with Crippen LogP contribution in [0.1, 0.15) is 21.6 Å². The van der Waals surface area contributed by atoms with Crippen LogP contribution in [0.25, 0.3) is 16.7 Å². The number of benzene rings is 2. The minimum Gasteiger partial charge on any atom is -0.491 e. The van der Waals surface area contributed by atoms with E-state index in [1.165, 1.54) is 57.7 Å². The smallest absolute Gasteiger partial charge is 0.266 e. The maximum atomic E-state index is 15.1. The lowest BCUT2D eigenvalue weighted by Crippen LogP contribution is -2.28. The third-order valence-electron chi connectivity index (χ3n) is 6.37. The molecule has 0 N–H and O–H groups in total. The van der Waals surface area contributed by atoms with Gasteiger partial charge >= 0.3 is 0 Å². The Bertz CT molecular complexity index is 1860. The first-order valence-corrected chi connectivity index (χ1v) is 12.3. The number of ketones is 1. The van der Waals surface area contributed by atoms with E-state index in [-0.39, 0.29) is 40.7 Å². The van der Waals surface area contributed by atoms with Gasteiger partial charge in [-0.2, -0.15) is 0 Å². The second-order valence-corrected chi connectivity index (χ2v) is 8.95. The van der Waals surface area contributed by atoms with Crippen LogP contribution in [0, 0.1) is 24.4 Å². The molecule has 0 aliphatic heterocycles. The molecule has 2 aromatic carbocycles. The molecule has 0 spiro atoms. The van der Waals surface area contributed by atoms with Gasteiger partial charge in [-0.3, -0.25) is 19.1 Å². The molecule has 0 aliphatic rings. The summed E-state index contributed by atoms with van der Waals surface area (Å²) in [6, 6.07) is 12.7. The second-order valence-electron chi connectivity index (χ2n) is 8.95. The number of ether oxygens (including phenoxy) is 3. The number of methoxy groups -OCH3 is 2. The average molecular weight is 562 g/mol. The minimum absolute atomic E-state index is 0.0418. The number of hydrogen-bond acceptors (Lipinski definition) is 7. The zero-order chi connectivity index (χ0) is 29.3. The Labute approximate surface area is 231 Å². The maximum absolute atomic E-state index is 15.1. The zero-order valence-electron chi connectivity index (χ0n) is 22.1. The summed E-state index contributed by atoms with van der Waals surface area (Å²) in [7, 11) is 2.89. The molecule has 0 atom stereocenters. The molecule has 0 fully saturated rings. The van der Waals surface area contributed by atoms with E-state index < -0.39 is 34.4 Å². The number of Topliss-reactive ketones (excluding diaryl/α,β-unsaturated/α-hetero) is 1. The lowest BCUT2D eigenvalue weighted by atomic mass is 10.0. The Morgan fingerprint density at radius 3 is 2.32 bits per heavy atom. The van der Waals surface area contributed by atoms with E-state index in [0.29, 0.717) is 16.8 Å². The number of carbonyl (C=O) groups is 1. The highest BCUT2D eigenvalue weighted by atomic mass is 19.1. The Morgan fingerprint density at radius 1 is 0.878 bits per heavy atom. The topological polar surface area (TPSA) is 92.5 Å². The highest BCUT2D eigenvalue weighted by Gasteiger charge is 2.20. The van der Waals surface area contributed by atoms with Crippen LogP contribution < -0.4 is 19.8 Å². The van der Waals surface area contributed by atoms with Crippen LogP contribution in [-0.4, -0.2) is 34.5 Å². The summed E-state index contributed by atoms with van der Waals surface area (Å²) in [5.74, 6) is -2.21. The van der Waals surface area contributed by atoms with Crippen molar-refractivity contribution < 1.29 is 32.2 Å². The molecule has 5 rings (SSSR count). The highest BCUT2D eigenvalue weighted by Crippen LogP contribution is 2.34. The first-order valence-electron chi connectivity index (χ1n) is 12.3. The number of hydrogen-bond donors (Lipinski definition) is 0. The molecule has 11 heteroatoms. The van der Waals surface area contributed by atoms with Crippen LogP contribution >= 0.6 is 0 Å². The molecule has 0 unspecified atom stereocenters. The Kier molecular flexibility index (Phi) is 7.43. The third-order valence-corrected chi connectivity index (χ3v) is 6.37. The fourth-order valence-corrected chi connectivity index (χ4v) is 4.30. The van der Waals surface area contributed by atoms with Gasteiger partial charge in [0.2, 0.25) is 0 Å². The summed E-state index contributed by atoms with van der Waals surface area (Å²) >= 11 is 0. The average Bonchev–Trinajstić information content (AvgIpc) is 2.96. The van der Waals surface area contributed by atoms with Crippen molar-refractivity contribution in [2.45, 2.75) is 13.3 Å². The molecule has 0 amide bonds. The molecule has 0 aliphatic carbocycles. The summed E-state index contributed by atoms with van der Waals surface area (Å²) in [4.78, 5) is 34.8. The molecule has 5 aromatic rings. The van der Waals surface area contributed by atoms with Gasteiger partial charge < -0.3 is 14.2 Å². The summed E-state index contributed by atoms with van der Waals surface area (Å²) in [6.07, 6.45) is 1.09. The third kappa shape index (κ3) is 5.33. The van der Waals surface area contributed by atoms with E-state index in [0.717, 1.165) is 28.8 Å². The molecule has 41 heavy (non-hydrogen) atoms. The highest BCUT2D eigenvalue weighted by molar-refractivity contribution is 5.97. The van der Waals surface area contributed by atoms with Gasteiger partial charge in [0.25, 0.3) is 11.4 Å². The van der Waals surface area contributed by atoms with Crippen molar-refractivity contribution in [2.75, 3.05) is 14.2 Å². The van der Waals surface area contributed by atoms with Gasteiger partial charge in [-0.1, -0.05) is 6.07 Å². The minimum atomic E-state index is -0.792. The van der Waals surface area contributed by atoms with Crippen molar-refractivity contribution in [1.82, 2.24) is 14.5 Å². The number of rotatable bonds is 8. The van der Waals surface area contributed by atoms with Gasteiger partial charge in [0.15, 0.2) is 28.8 Å². The Morgan fingerprint density at radius 2 is 1.63 bits per heavy atom. The molecular formula is C30H22F3N3O5. The SMILES string of the molecule is COc1cc2nccc(Oc3ccc(CC(=O)c4cc(F)c(C)n(-c5ccc(F)cc5)c4=O)cc3F)c2nc1OC. The summed E-state index contributed by atoms with van der Waals surface area (Å²) < 4.78 is 60.4. The molecule has 0 bridgehead atoms. The first kappa shape index (κ1) is 27.4. The van der Waals surface area contributed by atoms with E-state index >= 15 is 4.39 Å². The Balaban J connectivity index is 1.42. The van der Waals surface area contributed by atoms with Gasteiger partial charge in [0.05, 0.1) is 31.0 Å². The predicted octanol–water partition coefficient (Wildman–Crippen LogP) is 5.74. The number of nitrogens with zero attached hydrogens (tertiary/aromatic N) is 3. The van der Waals surface area contributed by atoms with Crippen LogP contribution in [0.3, 0.4) is 0 Å². The van der Waals surface area contributed by atoms with Gasteiger partial charge in [-0.25, -0.2) is 18.2 Å². The number of pyridine rings is 3. The van der Waals surface area contributed by atoms with Crippen LogP contribution in [0.4, 0.5) is 13.2 Å². The van der Waals surface area contributed by atoms with E-state index in [9.17, 15) is 18.4 Å². The van der Waals surface area contributed by atoms with Crippen molar-refractivity contribution in [3.05, 3.63) is 111 Å². The standard InChI is InChI=1S/C30H22F3N3O5/c1-16-21(32)14-20(30(38)36(16)19-7-5-18(31)6-8-19)24(37)13-17-4-9-25(22(33)12-17)41-26-10-11-34-23-15-27(39-2)29(40-3)35-28(23)26/h4-12,14-15H,13H2,1-3H3. The normalized spacial score (nSPS) is 11.0. The molecular weight excluding hydrogens is 539 g/mol. The maximum Gasteiger partial charge on any atom is 0.266 e. The fourth-order valence-electron chi connectivity index (χ4n) is 4.30. The van der Waals surface area contributed by atoms with Crippen molar-refractivity contribution in [1.29, 1.82) is 0 Å². The molecule has 0 saturated carbocycles. The van der Waals surface area contributed by atoms with Gasteiger partial charge in [-0.05, 0) is 55.0 Å². The fraction of sp³-hybridized carbons (Fsp3) is 0.133. The number of halogens is 3. The van der Waals surface area contributed by atoms with E-state index in [1.54, 1.807) is 6.07 Å². The van der Waals surface area contributed by atoms with Crippen LogP contribution in [-0.2, 0) is 6.42 Å². The first-order chi connectivity index (χ1) is 19.7. The monoisotopic (exact) mass is 561 g/mol. The second kappa shape index (κ2) is 11.1. The predicted molar refractivity (Wildman–Crippen MR) is 144 cm³/mol. The van der Waals surface area contributed by atoms with Gasteiger partial charge in [-0.15, -0.1) is 0 Å². The molecule has 0 radical (unpaired) electrons. The van der Waals surface area contributed by atoms with E-state index in [4.69, 9.17) is 14.2 Å². The number of fused-ring (bicyclic) bond motifs is 1. The number of aromatic nitrogens is 3. The molecule has 8 nitrogen and oxygen atoms in total. The largest absolute Gasteiger partial charge is 0.491 e. The van der Waals surface area contributed by atoms with Crippen LogP contribution in [0.5, 0.6) is 23.1 Å². The molecule has 3 aromatic heterocycles. The van der Waals surface area contributed by atoms with Gasteiger partial charge in [0, 0.05) is 30.4 Å². The van der Waals surface area contributed by atoms with Gasteiger partial charge in [0.1, 0.15) is 17.2 Å². The molecule has 208 valence electrons. The molecule has 3 heterocycles. The molecule has 0 saturated heterocycles. The van der Waals surface area contributed by atoms with E-state index in [2.05, 4.69) is 9.97 Å². The van der Waals surface area contributed by atoms with Crippen LogP contribution in [0.2, 0.25) is 0 Å². The zero-order valence-corrected chi connectivity index (χ0v) is 22.1. The number of carbonyl (C=O) groups excluding carboxylic acids is 1.